The smallest absolute Gasteiger partial charge is 0.300 e. The highest BCUT2D eigenvalue weighted by Crippen LogP contribution is 2.64. The summed E-state index contributed by atoms with van der Waals surface area (Å²) in [5, 5.41) is 3.84. The Kier molecular flexibility index (Phi) is 3.82. The summed E-state index contributed by atoms with van der Waals surface area (Å²) in [6, 6.07) is 0.620. The molecule has 150 valence electrons. The summed E-state index contributed by atoms with van der Waals surface area (Å²) in [5.74, 6) is 3.29. The zero-order valence-corrected chi connectivity index (χ0v) is 16.9. The molecule has 0 bridgehead atoms. The van der Waals surface area contributed by atoms with Crippen LogP contribution in [0.25, 0.3) is 0 Å². The fraction of sp³-hybridized carbons (Fsp3) is 0.895. The van der Waals surface area contributed by atoms with Crippen LogP contribution in [0.1, 0.15) is 57.6 Å². The zero-order valence-electron chi connectivity index (χ0n) is 16.1. The van der Waals surface area contributed by atoms with Crippen LogP contribution in [0.2, 0.25) is 0 Å². The standard InChI is InChI=1S/C19H27F3N4S/c1-17(2,3)26-15(23-16(24-26)19(20,21)22)14-12-6-11(7-13(12)14)25-5-4-18(8-25)9-27-10-18/h11-14H,4-10H2,1-3H3. The van der Waals surface area contributed by atoms with Crippen molar-refractivity contribution in [3.8, 4) is 0 Å². The minimum Gasteiger partial charge on any atom is -0.300 e. The number of thioether (sulfide) groups is 1. The van der Waals surface area contributed by atoms with Gasteiger partial charge >= 0.3 is 6.18 Å². The lowest BCUT2D eigenvalue weighted by Gasteiger charge is -2.38. The number of likely N-dealkylation sites (tertiary alicyclic amines) is 1. The Bertz CT molecular complexity index is 737. The monoisotopic (exact) mass is 400 g/mol. The highest BCUT2D eigenvalue weighted by Gasteiger charge is 2.61. The molecule has 4 fully saturated rings. The van der Waals surface area contributed by atoms with E-state index in [0.717, 1.165) is 12.8 Å². The van der Waals surface area contributed by atoms with Gasteiger partial charge in [0.15, 0.2) is 0 Å². The topological polar surface area (TPSA) is 34.0 Å². The number of hydrogen-bond acceptors (Lipinski definition) is 4. The van der Waals surface area contributed by atoms with E-state index in [1.165, 1.54) is 35.7 Å². The van der Waals surface area contributed by atoms with Crippen molar-refractivity contribution >= 4 is 11.8 Å². The van der Waals surface area contributed by atoms with Crippen molar-refractivity contribution in [3.63, 3.8) is 0 Å². The molecule has 0 amide bonds. The molecule has 27 heavy (non-hydrogen) atoms. The van der Waals surface area contributed by atoms with E-state index in [4.69, 9.17) is 0 Å². The lowest BCUT2D eigenvalue weighted by Crippen LogP contribution is -2.41. The third-order valence-electron chi connectivity index (χ3n) is 7.04. The van der Waals surface area contributed by atoms with Crippen molar-refractivity contribution in [2.24, 2.45) is 17.3 Å². The molecular formula is C19H27F3N4S. The quantitative estimate of drug-likeness (QED) is 0.752. The summed E-state index contributed by atoms with van der Waals surface area (Å²) in [7, 11) is 0. The summed E-state index contributed by atoms with van der Waals surface area (Å²) in [6.07, 6.45) is -0.946. The van der Waals surface area contributed by atoms with Gasteiger partial charge < -0.3 is 0 Å². The Morgan fingerprint density at radius 3 is 2.26 bits per heavy atom. The first-order valence-corrected chi connectivity index (χ1v) is 11.1. The molecule has 0 radical (unpaired) electrons. The normalized spacial score (nSPS) is 35.5. The third kappa shape index (κ3) is 2.93. The van der Waals surface area contributed by atoms with Crippen LogP contribution in [0.4, 0.5) is 13.2 Å². The van der Waals surface area contributed by atoms with Gasteiger partial charge in [0.05, 0.1) is 5.54 Å². The minimum atomic E-state index is -4.48. The van der Waals surface area contributed by atoms with Crippen molar-refractivity contribution in [1.82, 2.24) is 19.7 Å². The molecule has 2 aliphatic heterocycles. The van der Waals surface area contributed by atoms with Gasteiger partial charge in [0.1, 0.15) is 5.82 Å². The van der Waals surface area contributed by atoms with Gasteiger partial charge in [0.25, 0.3) is 5.82 Å². The Hall–Kier alpha value is -0.760. The fourth-order valence-electron chi connectivity index (χ4n) is 5.55. The van der Waals surface area contributed by atoms with E-state index < -0.39 is 17.5 Å². The molecule has 5 rings (SSSR count). The van der Waals surface area contributed by atoms with Crippen molar-refractivity contribution in [3.05, 3.63) is 11.6 Å². The molecule has 2 aliphatic carbocycles. The van der Waals surface area contributed by atoms with Crippen molar-refractivity contribution in [2.75, 3.05) is 24.6 Å². The molecule has 0 aromatic carbocycles. The predicted molar refractivity (Wildman–Crippen MR) is 98.7 cm³/mol. The minimum absolute atomic E-state index is 0.153. The zero-order chi connectivity index (χ0) is 19.2. The molecule has 4 aliphatic rings. The van der Waals surface area contributed by atoms with Crippen LogP contribution in [0.15, 0.2) is 0 Å². The number of halogens is 3. The Morgan fingerprint density at radius 1 is 1.11 bits per heavy atom. The SMILES string of the molecule is CC(C)(C)n1nc(C(F)(F)F)nc1C1C2CC(N3CCC4(CSC4)C3)CC21. The first-order valence-electron chi connectivity index (χ1n) is 9.94. The van der Waals surface area contributed by atoms with Gasteiger partial charge in [-0.1, -0.05) is 0 Å². The first-order chi connectivity index (χ1) is 12.6. The van der Waals surface area contributed by atoms with Gasteiger partial charge in [-0.05, 0) is 58.4 Å². The number of fused-ring (bicyclic) bond motifs is 1. The van der Waals surface area contributed by atoms with E-state index in [9.17, 15) is 13.2 Å². The molecule has 2 unspecified atom stereocenters. The van der Waals surface area contributed by atoms with Crippen LogP contribution in [-0.2, 0) is 11.7 Å². The van der Waals surface area contributed by atoms with Crippen molar-refractivity contribution in [2.45, 2.75) is 63.7 Å². The summed E-state index contributed by atoms with van der Waals surface area (Å²) >= 11 is 2.06. The molecule has 0 N–H and O–H groups in total. The second kappa shape index (κ2) is 5.65. The highest BCUT2D eigenvalue weighted by molar-refractivity contribution is 8.00. The number of aromatic nitrogens is 3. The molecule has 3 heterocycles. The fourth-order valence-corrected chi connectivity index (χ4v) is 6.81. The Labute approximate surface area is 162 Å². The van der Waals surface area contributed by atoms with E-state index in [2.05, 4.69) is 26.7 Å². The van der Waals surface area contributed by atoms with Gasteiger partial charge in [-0.25, -0.2) is 9.67 Å². The molecule has 2 saturated heterocycles. The molecule has 4 nitrogen and oxygen atoms in total. The van der Waals surface area contributed by atoms with Gasteiger partial charge in [0.2, 0.25) is 0 Å². The van der Waals surface area contributed by atoms with Gasteiger partial charge in [-0.15, -0.1) is 5.10 Å². The number of hydrogen-bond donors (Lipinski definition) is 0. The maximum absolute atomic E-state index is 13.2. The second-order valence-corrected chi connectivity index (χ2v) is 11.1. The first kappa shape index (κ1) is 18.3. The summed E-state index contributed by atoms with van der Waals surface area (Å²) in [4.78, 5) is 6.64. The Morgan fingerprint density at radius 2 is 1.78 bits per heavy atom. The summed E-state index contributed by atoms with van der Waals surface area (Å²) in [5.41, 5.74) is 0.0796. The van der Waals surface area contributed by atoms with E-state index in [-0.39, 0.29) is 5.92 Å². The van der Waals surface area contributed by atoms with Gasteiger partial charge in [-0.3, -0.25) is 4.90 Å². The van der Waals surface area contributed by atoms with Crippen LogP contribution in [0, 0.1) is 17.3 Å². The van der Waals surface area contributed by atoms with Crippen LogP contribution in [0.5, 0.6) is 0 Å². The van der Waals surface area contributed by atoms with Gasteiger partial charge in [-0.2, -0.15) is 24.9 Å². The van der Waals surface area contributed by atoms with Crippen LogP contribution in [-0.4, -0.2) is 50.3 Å². The summed E-state index contributed by atoms with van der Waals surface area (Å²) in [6.45, 7) is 8.11. The largest absolute Gasteiger partial charge is 0.453 e. The average Bonchev–Trinajstić information content (AvgIpc) is 3.02. The maximum atomic E-state index is 13.2. The Balaban J connectivity index is 1.31. The van der Waals surface area contributed by atoms with E-state index >= 15 is 0 Å². The number of nitrogens with zero attached hydrogens (tertiary/aromatic N) is 4. The second-order valence-electron chi connectivity index (χ2n) is 10.1. The number of rotatable bonds is 2. The molecule has 2 atom stereocenters. The van der Waals surface area contributed by atoms with Crippen LogP contribution < -0.4 is 0 Å². The van der Waals surface area contributed by atoms with Crippen LogP contribution in [0.3, 0.4) is 0 Å². The molecule has 1 aromatic rings. The molecule has 8 heteroatoms. The number of alkyl halides is 3. The predicted octanol–water partition coefficient (Wildman–Crippen LogP) is 3.98. The van der Waals surface area contributed by atoms with E-state index in [1.807, 2.05) is 20.8 Å². The lowest BCUT2D eigenvalue weighted by molar-refractivity contribution is -0.145. The van der Waals surface area contributed by atoms with Crippen molar-refractivity contribution in [1.29, 1.82) is 0 Å². The summed E-state index contributed by atoms with van der Waals surface area (Å²) < 4.78 is 41.1. The van der Waals surface area contributed by atoms with Crippen molar-refractivity contribution < 1.29 is 13.2 Å². The lowest BCUT2D eigenvalue weighted by atomic mass is 9.91. The highest BCUT2D eigenvalue weighted by atomic mass is 32.2. The third-order valence-corrected chi connectivity index (χ3v) is 8.67. The van der Waals surface area contributed by atoms with Crippen LogP contribution >= 0.6 is 11.8 Å². The molecule has 1 spiro atoms. The average molecular weight is 401 g/mol. The van der Waals surface area contributed by atoms with Gasteiger partial charge in [0, 0.05) is 35.4 Å². The molecule has 1 aromatic heterocycles. The van der Waals surface area contributed by atoms with E-state index in [1.54, 1.807) is 0 Å². The molecule has 2 saturated carbocycles. The van der Waals surface area contributed by atoms with E-state index in [0.29, 0.717) is 29.1 Å². The molecular weight excluding hydrogens is 373 g/mol. The maximum Gasteiger partial charge on any atom is 0.453 e.